The number of alkyl halides is 5. The maximum Gasteiger partial charge on any atom is 0.417 e. The Balaban J connectivity index is 2.10. The summed E-state index contributed by atoms with van der Waals surface area (Å²) in [4.78, 5) is 24.0. The molecule has 1 amide bonds. The molecule has 0 unspecified atom stereocenters. The molecule has 1 saturated heterocycles. The van der Waals surface area contributed by atoms with Gasteiger partial charge in [0.05, 0.1) is 17.6 Å². The highest BCUT2D eigenvalue weighted by molar-refractivity contribution is 5.95. The van der Waals surface area contributed by atoms with E-state index in [-0.39, 0.29) is 16.1 Å². The Hall–Kier alpha value is -3.36. The fraction of sp³-hybridized carbons (Fsp3) is 0.476. The van der Waals surface area contributed by atoms with Crippen molar-refractivity contribution in [3.63, 3.8) is 0 Å². The van der Waals surface area contributed by atoms with Gasteiger partial charge in [-0.05, 0) is 19.9 Å². The highest BCUT2D eigenvalue weighted by Gasteiger charge is 2.66. The molecular weight excluding hydrogens is 507 g/mol. The molecule has 1 fully saturated rings. The summed E-state index contributed by atoms with van der Waals surface area (Å²) in [7, 11) is 0. The van der Waals surface area contributed by atoms with E-state index in [9.17, 15) is 40.3 Å². The summed E-state index contributed by atoms with van der Waals surface area (Å²) in [6.45, 7) is -1.23. The van der Waals surface area contributed by atoms with Crippen LogP contribution in [-0.4, -0.2) is 51.3 Å². The number of amides is 1. The van der Waals surface area contributed by atoms with Gasteiger partial charge in [0, 0.05) is 17.4 Å². The molecule has 3 rings (SSSR count). The minimum absolute atomic E-state index is 0.0804. The summed E-state index contributed by atoms with van der Waals surface area (Å²) >= 11 is 0. The van der Waals surface area contributed by atoms with Crippen molar-refractivity contribution < 1.29 is 54.9 Å². The first-order valence-electron chi connectivity index (χ1n) is 10.3. The average Bonchev–Trinajstić information content (AvgIpc) is 3.27. The number of nitrogens with zero attached hydrogens (tertiary/aromatic N) is 2. The van der Waals surface area contributed by atoms with Crippen molar-refractivity contribution in [1.29, 1.82) is 0 Å². The lowest BCUT2D eigenvalue weighted by Crippen LogP contribution is -2.47. The minimum atomic E-state index is -5.03. The molecule has 198 valence electrons. The Morgan fingerprint density at radius 1 is 1.31 bits per heavy atom. The quantitative estimate of drug-likeness (QED) is 0.518. The predicted octanol–water partition coefficient (Wildman–Crippen LogP) is 4.41. The van der Waals surface area contributed by atoms with Gasteiger partial charge in [-0.15, -0.1) is 0 Å². The second-order valence-corrected chi connectivity index (χ2v) is 8.29. The van der Waals surface area contributed by atoms with Crippen molar-refractivity contribution in [3.05, 3.63) is 41.2 Å². The van der Waals surface area contributed by atoms with Crippen molar-refractivity contribution in [2.75, 3.05) is 11.9 Å². The highest BCUT2D eigenvalue weighted by atomic mass is 19.4. The molecule has 4 atom stereocenters. The van der Waals surface area contributed by atoms with Crippen LogP contribution in [0.15, 0.2) is 18.3 Å². The molecule has 1 aliphatic rings. The number of hydrogen-bond donors (Lipinski definition) is 2. The van der Waals surface area contributed by atoms with Crippen LogP contribution in [0, 0.1) is 24.5 Å². The van der Waals surface area contributed by atoms with E-state index in [1.807, 2.05) is 0 Å². The molecule has 0 saturated carbocycles. The van der Waals surface area contributed by atoms with Crippen molar-refractivity contribution in [3.8, 4) is 5.75 Å². The first-order valence-corrected chi connectivity index (χ1v) is 10.3. The summed E-state index contributed by atoms with van der Waals surface area (Å²) in [5.74, 6) is -10.2. The fourth-order valence-corrected chi connectivity index (χ4v) is 4.02. The molecule has 0 radical (unpaired) electrons. The number of hydrogen-bond acceptors (Lipinski definition) is 5. The predicted molar refractivity (Wildman–Crippen MR) is 108 cm³/mol. The first kappa shape index (κ1) is 27.2. The number of aryl methyl sites for hydroxylation is 1. The largest absolute Gasteiger partial charge is 0.479 e. The maximum atomic E-state index is 14.6. The molecule has 36 heavy (non-hydrogen) atoms. The molecule has 1 aromatic heterocycles. The molecule has 1 aromatic carbocycles. The molecule has 0 aliphatic carbocycles. The summed E-state index contributed by atoms with van der Waals surface area (Å²) in [5.41, 5.74) is -3.74. The lowest BCUT2D eigenvalue weighted by Gasteiger charge is -2.32. The Labute approximate surface area is 199 Å². The maximum absolute atomic E-state index is 14.6. The number of ether oxygens (including phenoxy) is 2. The number of nitrogens with one attached hydrogen (secondary N) is 1. The molecule has 2 aromatic rings. The first-order chi connectivity index (χ1) is 16.6. The Morgan fingerprint density at radius 3 is 2.47 bits per heavy atom. The van der Waals surface area contributed by atoms with Crippen LogP contribution in [0.3, 0.4) is 0 Å². The summed E-state index contributed by atoms with van der Waals surface area (Å²) in [6, 6.07) is 1.45. The molecule has 2 N–H and O–H groups in total. The number of rotatable bonds is 7. The van der Waals surface area contributed by atoms with Gasteiger partial charge in [-0.2, -0.15) is 31.4 Å². The molecule has 0 bridgehead atoms. The van der Waals surface area contributed by atoms with E-state index in [1.165, 1.54) is 6.92 Å². The molecule has 1 aliphatic heterocycles. The highest BCUT2D eigenvalue weighted by Crippen LogP contribution is 2.55. The fourth-order valence-electron chi connectivity index (χ4n) is 4.02. The van der Waals surface area contributed by atoms with Gasteiger partial charge in [-0.25, -0.2) is 13.9 Å². The van der Waals surface area contributed by atoms with Crippen LogP contribution in [0.2, 0.25) is 0 Å². The van der Waals surface area contributed by atoms with Gasteiger partial charge in [0.1, 0.15) is 6.10 Å². The van der Waals surface area contributed by atoms with Gasteiger partial charge < -0.3 is 19.9 Å². The molecule has 8 nitrogen and oxygen atoms in total. The number of aromatic nitrogens is 2. The van der Waals surface area contributed by atoms with Crippen molar-refractivity contribution in [2.45, 2.75) is 51.1 Å². The van der Waals surface area contributed by atoms with E-state index in [4.69, 9.17) is 14.6 Å². The number of halogens is 7. The molecule has 2 heterocycles. The van der Waals surface area contributed by atoms with Crippen molar-refractivity contribution in [2.24, 2.45) is 5.92 Å². The van der Waals surface area contributed by atoms with Crippen LogP contribution in [0.1, 0.15) is 37.6 Å². The van der Waals surface area contributed by atoms with Crippen molar-refractivity contribution >= 4 is 17.6 Å². The van der Waals surface area contributed by atoms with Crippen LogP contribution in [0.25, 0.3) is 0 Å². The molecule has 0 spiro atoms. The van der Waals surface area contributed by atoms with Gasteiger partial charge >= 0.3 is 18.7 Å². The summed E-state index contributed by atoms with van der Waals surface area (Å²) in [6.07, 6.45) is -6.28. The number of benzene rings is 1. The SMILES string of the molecule is Cc1nn(C(F)F)cc1NC(=O)[C@@H]1O[C@@](C)(C(F)(F)F)[C@@H](C)[C@H]1c1ccc(F)c(F)c1OCC(=O)O. The minimum Gasteiger partial charge on any atom is -0.479 e. The third-order valence-corrected chi connectivity index (χ3v) is 6.08. The normalized spacial score (nSPS) is 24.2. The Morgan fingerprint density at radius 2 is 1.94 bits per heavy atom. The topological polar surface area (TPSA) is 103 Å². The van der Waals surface area contributed by atoms with E-state index in [1.54, 1.807) is 0 Å². The smallest absolute Gasteiger partial charge is 0.417 e. The van der Waals surface area contributed by atoms with Gasteiger partial charge in [-0.3, -0.25) is 4.79 Å². The average molecular weight is 527 g/mol. The Kier molecular flexibility index (Phi) is 7.26. The standard InChI is InChI=1S/C21H20F7N3O5/c1-8-14(10-4-5-11(22)15(23)16(10)35-7-13(32)33)17(36-20(8,3)21(26,27)28)18(34)29-12-6-31(19(24)25)30-9(12)2/h4-6,8,14,17,19H,7H2,1-3H3,(H,29,34)(H,32,33)/t8-,14-,17+,20+/m0/s1. The van der Waals surface area contributed by atoms with E-state index < -0.39 is 77.7 Å². The second kappa shape index (κ2) is 9.59. The number of carboxylic acids is 1. The molecule has 15 heteroatoms. The number of aliphatic carboxylic acids is 1. The lowest BCUT2D eigenvalue weighted by atomic mass is 9.77. The van der Waals surface area contributed by atoms with Crippen molar-refractivity contribution in [1.82, 2.24) is 9.78 Å². The number of anilines is 1. The number of carbonyl (C=O) groups is 2. The monoisotopic (exact) mass is 527 g/mol. The van der Waals surface area contributed by atoms with Crippen LogP contribution >= 0.6 is 0 Å². The van der Waals surface area contributed by atoms with E-state index in [0.717, 1.165) is 19.2 Å². The zero-order chi connectivity index (χ0) is 27.2. The van der Waals surface area contributed by atoms with E-state index in [0.29, 0.717) is 13.0 Å². The van der Waals surface area contributed by atoms with Crippen LogP contribution in [-0.2, 0) is 14.3 Å². The van der Waals surface area contributed by atoms with Gasteiger partial charge in [-0.1, -0.05) is 13.0 Å². The lowest BCUT2D eigenvalue weighted by molar-refractivity contribution is -0.272. The Bertz CT molecular complexity index is 1170. The summed E-state index contributed by atoms with van der Waals surface area (Å²) < 4.78 is 107. The van der Waals surface area contributed by atoms with Crippen LogP contribution in [0.4, 0.5) is 36.4 Å². The van der Waals surface area contributed by atoms with Gasteiger partial charge in [0.25, 0.3) is 5.91 Å². The second-order valence-electron chi connectivity index (χ2n) is 8.29. The van der Waals surface area contributed by atoms with E-state index >= 15 is 0 Å². The van der Waals surface area contributed by atoms with E-state index in [2.05, 4.69) is 10.4 Å². The van der Waals surface area contributed by atoms with Gasteiger partial charge in [0.15, 0.2) is 23.8 Å². The third kappa shape index (κ3) is 4.83. The van der Waals surface area contributed by atoms with Crippen LogP contribution in [0.5, 0.6) is 5.75 Å². The zero-order valence-corrected chi connectivity index (χ0v) is 18.9. The third-order valence-electron chi connectivity index (χ3n) is 6.08. The zero-order valence-electron chi connectivity index (χ0n) is 18.9. The van der Waals surface area contributed by atoms with Crippen LogP contribution < -0.4 is 10.1 Å². The number of carbonyl (C=O) groups excluding carboxylic acids is 1. The number of carboxylic acid groups (broad SMARTS) is 1. The molecular formula is C21H20F7N3O5. The summed E-state index contributed by atoms with van der Waals surface area (Å²) in [5, 5.41) is 14.5. The van der Waals surface area contributed by atoms with Gasteiger partial charge in [0.2, 0.25) is 5.82 Å².